The molecule has 0 amide bonds. The van der Waals surface area contributed by atoms with Crippen LogP contribution in [0, 0.1) is 6.92 Å². The monoisotopic (exact) mass is 475 g/mol. The number of halogens is 3. The van der Waals surface area contributed by atoms with Crippen molar-refractivity contribution in [3.8, 4) is 5.75 Å². The van der Waals surface area contributed by atoms with Crippen molar-refractivity contribution in [1.29, 1.82) is 0 Å². The quantitative estimate of drug-likeness (QED) is 0.546. The van der Waals surface area contributed by atoms with E-state index in [-0.39, 0.29) is 0 Å². The fourth-order valence-electron chi connectivity index (χ4n) is 1.98. The maximum Gasteiger partial charge on any atom is 0.147 e. The van der Waals surface area contributed by atoms with Crippen molar-refractivity contribution >= 4 is 53.5 Å². The van der Waals surface area contributed by atoms with Gasteiger partial charge in [-0.15, -0.1) is 0 Å². The van der Waals surface area contributed by atoms with Crippen molar-refractivity contribution in [1.82, 2.24) is 0 Å². The van der Waals surface area contributed by atoms with E-state index in [1.165, 1.54) is 11.1 Å². The third-order valence-corrected chi connectivity index (χ3v) is 4.70. The second-order valence-electron chi connectivity index (χ2n) is 4.63. The van der Waals surface area contributed by atoms with Crippen LogP contribution in [0.5, 0.6) is 5.75 Å². The van der Waals surface area contributed by atoms with Gasteiger partial charge in [-0.3, -0.25) is 0 Å². The lowest BCUT2D eigenvalue weighted by atomic mass is 10.1. The zero-order chi connectivity index (χ0) is 15.4. The van der Waals surface area contributed by atoms with Gasteiger partial charge in [0.05, 0.1) is 15.6 Å². The molecule has 0 saturated carbocycles. The Morgan fingerprint density at radius 3 is 2.33 bits per heavy atom. The Balaban J connectivity index is 2.15. The van der Waals surface area contributed by atoms with Crippen LogP contribution in [0.15, 0.2) is 43.7 Å². The summed E-state index contributed by atoms with van der Waals surface area (Å²) in [5, 5.41) is 3.46. The van der Waals surface area contributed by atoms with E-state index in [0.29, 0.717) is 6.61 Å². The summed E-state index contributed by atoms with van der Waals surface area (Å²) in [5.74, 6) is 0.847. The van der Waals surface area contributed by atoms with Gasteiger partial charge < -0.3 is 10.1 Å². The molecule has 0 atom stereocenters. The molecule has 21 heavy (non-hydrogen) atoms. The van der Waals surface area contributed by atoms with Gasteiger partial charge in [0.25, 0.3) is 0 Å². The van der Waals surface area contributed by atoms with Crippen LogP contribution in [0.4, 0.5) is 5.69 Å². The first-order valence-corrected chi connectivity index (χ1v) is 9.00. The molecule has 0 radical (unpaired) electrons. The molecule has 2 rings (SSSR count). The van der Waals surface area contributed by atoms with Crippen molar-refractivity contribution in [2.75, 3.05) is 11.9 Å². The first-order valence-electron chi connectivity index (χ1n) is 6.62. The van der Waals surface area contributed by atoms with Gasteiger partial charge in [0.1, 0.15) is 5.75 Å². The van der Waals surface area contributed by atoms with E-state index < -0.39 is 0 Å². The lowest BCUT2D eigenvalue weighted by Gasteiger charge is -2.13. The first kappa shape index (κ1) is 16.8. The van der Waals surface area contributed by atoms with Gasteiger partial charge in [-0.2, -0.15) is 0 Å². The molecule has 2 aromatic carbocycles. The van der Waals surface area contributed by atoms with Gasteiger partial charge in [0, 0.05) is 16.7 Å². The van der Waals surface area contributed by atoms with E-state index in [1.54, 1.807) is 0 Å². The van der Waals surface area contributed by atoms with Gasteiger partial charge in [0.2, 0.25) is 0 Å². The Morgan fingerprint density at radius 1 is 1.05 bits per heavy atom. The smallest absolute Gasteiger partial charge is 0.147 e. The number of anilines is 1. The number of nitrogens with one attached hydrogen (secondary N) is 1. The van der Waals surface area contributed by atoms with Gasteiger partial charge in [0.15, 0.2) is 0 Å². The Hall–Kier alpha value is -0.520. The summed E-state index contributed by atoms with van der Waals surface area (Å²) in [4.78, 5) is 0. The summed E-state index contributed by atoms with van der Waals surface area (Å²) in [6, 6.07) is 10.4. The zero-order valence-electron chi connectivity index (χ0n) is 11.8. The minimum atomic E-state index is 0.645. The second-order valence-corrected chi connectivity index (χ2v) is 7.26. The molecular weight excluding hydrogens is 462 g/mol. The van der Waals surface area contributed by atoms with E-state index in [9.17, 15) is 0 Å². The highest BCUT2D eigenvalue weighted by atomic mass is 79.9. The molecular formula is C16H16Br3NO. The maximum atomic E-state index is 5.60. The summed E-state index contributed by atoms with van der Waals surface area (Å²) >= 11 is 10.6. The molecule has 112 valence electrons. The minimum absolute atomic E-state index is 0.645. The highest BCUT2D eigenvalue weighted by Gasteiger charge is 2.09. The first-order chi connectivity index (χ1) is 10.0. The van der Waals surface area contributed by atoms with E-state index in [4.69, 9.17) is 4.74 Å². The Labute approximate surface area is 150 Å². The number of hydrogen-bond donors (Lipinski definition) is 1. The molecule has 0 aromatic heterocycles. The predicted molar refractivity (Wildman–Crippen MR) is 99.2 cm³/mol. The molecule has 0 spiro atoms. The lowest BCUT2D eigenvalue weighted by Crippen LogP contribution is -2.02. The standard InChI is InChI=1S/C16H16Br3NO/c1-3-21-16-13(18)6-11(7-14(16)19)9-20-15-8-12(17)5-4-10(15)2/h4-8,20H,3,9H2,1-2H3. The van der Waals surface area contributed by atoms with E-state index in [0.717, 1.165) is 31.4 Å². The van der Waals surface area contributed by atoms with Gasteiger partial charge in [-0.1, -0.05) is 22.0 Å². The maximum absolute atomic E-state index is 5.60. The average Bonchev–Trinajstić information content (AvgIpc) is 2.44. The van der Waals surface area contributed by atoms with Gasteiger partial charge in [-0.05, 0) is 81.1 Å². The molecule has 0 saturated heterocycles. The summed E-state index contributed by atoms with van der Waals surface area (Å²) in [7, 11) is 0. The summed E-state index contributed by atoms with van der Waals surface area (Å²) < 4.78 is 8.59. The molecule has 0 aliphatic heterocycles. The molecule has 5 heteroatoms. The van der Waals surface area contributed by atoms with E-state index >= 15 is 0 Å². The van der Waals surface area contributed by atoms with Crippen LogP contribution in [-0.4, -0.2) is 6.61 Å². The van der Waals surface area contributed by atoms with Crippen LogP contribution in [-0.2, 0) is 6.54 Å². The molecule has 2 nitrogen and oxygen atoms in total. The summed E-state index contributed by atoms with van der Waals surface area (Å²) in [6.45, 7) is 5.47. The Morgan fingerprint density at radius 2 is 1.71 bits per heavy atom. The van der Waals surface area contributed by atoms with Crippen LogP contribution >= 0.6 is 47.8 Å². The highest BCUT2D eigenvalue weighted by Crippen LogP contribution is 2.35. The molecule has 0 aliphatic carbocycles. The van der Waals surface area contributed by atoms with Crippen molar-refractivity contribution in [3.63, 3.8) is 0 Å². The molecule has 0 aliphatic rings. The fraction of sp³-hybridized carbons (Fsp3) is 0.250. The van der Waals surface area contributed by atoms with Crippen LogP contribution in [0.1, 0.15) is 18.1 Å². The van der Waals surface area contributed by atoms with Gasteiger partial charge in [-0.25, -0.2) is 0 Å². The summed E-state index contributed by atoms with van der Waals surface area (Å²) in [5.41, 5.74) is 3.53. The van der Waals surface area contributed by atoms with Crippen molar-refractivity contribution in [3.05, 3.63) is 54.9 Å². The Bertz CT molecular complexity index is 620. The number of benzene rings is 2. The van der Waals surface area contributed by atoms with Crippen LogP contribution in [0.2, 0.25) is 0 Å². The second kappa shape index (κ2) is 7.65. The lowest BCUT2D eigenvalue weighted by molar-refractivity contribution is 0.336. The zero-order valence-corrected chi connectivity index (χ0v) is 16.6. The number of hydrogen-bond acceptors (Lipinski definition) is 2. The topological polar surface area (TPSA) is 21.3 Å². The minimum Gasteiger partial charge on any atom is -0.492 e. The molecule has 0 bridgehead atoms. The predicted octanol–water partition coefficient (Wildman–Crippen LogP) is 6.29. The van der Waals surface area contributed by atoms with Crippen molar-refractivity contribution in [2.45, 2.75) is 20.4 Å². The average molecular weight is 478 g/mol. The SMILES string of the molecule is CCOc1c(Br)cc(CNc2cc(Br)ccc2C)cc1Br. The normalized spacial score (nSPS) is 10.5. The van der Waals surface area contributed by atoms with Crippen LogP contribution < -0.4 is 10.1 Å². The number of rotatable bonds is 5. The Kier molecular flexibility index (Phi) is 6.14. The highest BCUT2D eigenvalue weighted by molar-refractivity contribution is 9.11. The third-order valence-electron chi connectivity index (χ3n) is 3.03. The van der Waals surface area contributed by atoms with Crippen LogP contribution in [0.3, 0.4) is 0 Å². The molecule has 1 N–H and O–H groups in total. The van der Waals surface area contributed by atoms with Crippen molar-refractivity contribution in [2.24, 2.45) is 0 Å². The number of ether oxygens (including phenoxy) is 1. The molecule has 2 aromatic rings. The van der Waals surface area contributed by atoms with Gasteiger partial charge >= 0.3 is 0 Å². The fourth-order valence-corrected chi connectivity index (χ4v) is 3.85. The van der Waals surface area contributed by atoms with Crippen LogP contribution in [0.25, 0.3) is 0 Å². The number of aryl methyl sites for hydroxylation is 1. The largest absolute Gasteiger partial charge is 0.492 e. The molecule has 0 fully saturated rings. The van der Waals surface area contributed by atoms with E-state index in [1.807, 2.05) is 13.0 Å². The summed E-state index contributed by atoms with van der Waals surface area (Å²) in [6.07, 6.45) is 0. The third kappa shape index (κ3) is 4.47. The molecule has 0 unspecified atom stereocenters. The van der Waals surface area contributed by atoms with Crippen molar-refractivity contribution < 1.29 is 4.74 Å². The molecule has 0 heterocycles. The van der Waals surface area contributed by atoms with E-state index in [2.05, 4.69) is 84.3 Å².